The van der Waals surface area contributed by atoms with Crippen molar-refractivity contribution in [3.05, 3.63) is 28.8 Å². The van der Waals surface area contributed by atoms with E-state index in [0.717, 1.165) is 25.7 Å². The van der Waals surface area contributed by atoms with Gasteiger partial charge in [-0.25, -0.2) is 0 Å². The molecule has 98 valence electrons. The normalized spacial score (nSPS) is 23.7. The summed E-state index contributed by atoms with van der Waals surface area (Å²) in [5.41, 5.74) is 0.434. The molecule has 1 saturated carbocycles. The van der Waals surface area contributed by atoms with Gasteiger partial charge in [-0.3, -0.25) is 4.79 Å². The Morgan fingerprint density at radius 2 is 1.94 bits per heavy atom. The number of rotatable bonds is 2. The summed E-state index contributed by atoms with van der Waals surface area (Å²) in [6, 6.07) is 4.49. The predicted molar refractivity (Wildman–Crippen MR) is 68.8 cm³/mol. The van der Waals surface area contributed by atoms with Crippen LogP contribution in [0, 0.1) is 0 Å². The molecule has 4 nitrogen and oxygen atoms in total. The third-order valence-electron chi connectivity index (χ3n) is 3.24. The van der Waals surface area contributed by atoms with Crippen LogP contribution in [0.4, 0.5) is 0 Å². The fourth-order valence-electron chi connectivity index (χ4n) is 2.14. The smallest absolute Gasteiger partial charge is 0.251 e. The average Bonchev–Trinajstić information content (AvgIpc) is 2.35. The number of phenols is 1. The first-order valence-corrected chi connectivity index (χ1v) is 6.41. The summed E-state index contributed by atoms with van der Waals surface area (Å²) >= 11 is 5.76. The maximum absolute atomic E-state index is 11.9. The summed E-state index contributed by atoms with van der Waals surface area (Å²) in [7, 11) is 0. The number of aromatic hydroxyl groups is 1. The molecule has 0 unspecified atom stereocenters. The van der Waals surface area contributed by atoms with Crippen LogP contribution in [0.25, 0.3) is 0 Å². The monoisotopic (exact) mass is 269 g/mol. The van der Waals surface area contributed by atoms with Crippen molar-refractivity contribution in [2.24, 2.45) is 0 Å². The number of carbonyl (C=O) groups is 1. The summed E-state index contributed by atoms with van der Waals surface area (Å²) in [5, 5.41) is 21.8. The van der Waals surface area contributed by atoms with E-state index in [9.17, 15) is 15.0 Å². The van der Waals surface area contributed by atoms with E-state index in [2.05, 4.69) is 5.32 Å². The van der Waals surface area contributed by atoms with Crippen LogP contribution in [-0.2, 0) is 0 Å². The van der Waals surface area contributed by atoms with Gasteiger partial charge in [0.2, 0.25) is 0 Å². The number of halogens is 1. The van der Waals surface area contributed by atoms with Gasteiger partial charge in [-0.05, 0) is 43.9 Å². The molecule has 5 heteroatoms. The van der Waals surface area contributed by atoms with E-state index in [1.54, 1.807) is 0 Å². The fraction of sp³-hybridized carbons (Fsp3) is 0.462. The van der Waals surface area contributed by atoms with E-state index in [-0.39, 0.29) is 28.8 Å². The lowest BCUT2D eigenvalue weighted by atomic mass is 9.93. The molecule has 1 aromatic rings. The molecule has 0 radical (unpaired) electrons. The van der Waals surface area contributed by atoms with E-state index in [4.69, 9.17) is 11.6 Å². The SMILES string of the molecule is O=C(NC1CCC(O)CC1)c1ccc(O)c(Cl)c1. The summed E-state index contributed by atoms with van der Waals surface area (Å²) in [4.78, 5) is 11.9. The lowest BCUT2D eigenvalue weighted by Crippen LogP contribution is -2.38. The second-order valence-corrected chi connectivity index (χ2v) is 5.05. The van der Waals surface area contributed by atoms with E-state index >= 15 is 0 Å². The largest absolute Gasteiger partial charge is 0.506 e. The molecule has 0 heterocycles. The van der Waals surface area contributed by atoms with Crippen molar-refractivity contribution in [2.75, 3.05) is 0 Å². The molecular formula is C13H16ClNO3. The predicted octanol–water partition coefficient (Wildman–Crippen LogP) is 2.08. The Hall–Kier alpha value is -1.26. The number of aliphatic hydroxyl groups is 1. The Morgan fingerprint density at radius 3 is 2.56 bits per heavy atom. The molecule has 0 saturated heterocycles. The van der Waals surface area contributed by atoms with Gasteiger partial charge in [0.15, 0.2) is 0 Å². The highest BCUT2D eigenvalue weighted by Gasteiger charge is 2.21. The number of nitrogens with one attached hydrogen (secondary N) is 1. The van der Waals surface area contributed by atoms with Gasteiger partial charge in [-0.1, -0.05) is 11.6 Å². The number of amides is 1. The zero-order valence-electron chi connectivity index (χ0n) is 9.90. The fourth-order valence-corrected chi connectivity index (χ4v) is 2.32. The molecular weight excluding hydrogens is 254 g/mol. The topological polar surface area (TPSA) is 69.6 Å². The molecule has 1 amide bonds. The van der Waals surface area contributed by atoms with Crippen LogP contribution in [0.1, 0.15) is 36.0 Å². The van der Waals surface area contributed by atoms with Gasteiger partial charge in [-0.2, -0.15) is 0 Å². The Labute approximate surface area is 111 Å². The molecule has 0 atom stereocenters. The summed E-state index contributed by atoms with van der Waals surface area (Å²) in [5.74, 6) is -0.229. The molecule has 18 heavy (non-hydrogen) atoms. The van der Waals surface area contributed by atoms with Crippen molar-refractivity contribution in [1.82, 2.24) is 5.32 Å². The highest BCUT2D eigenvalue weighted by molar-refractivity contribution is 6.32. The Balaban J connectivity index is 1.97. The van der Waals surface area contributed by atoms with Gasteiger partial charge < -0.3 is 15.5 Å². The number of hydrogen-bond donors (Lipinski definition) is 3. The second kappa shape index (κ2) is 5.59. The molecule has 0 bridgehead atoms. The summed E-state index contributed by atoms with van der Waals surface area (Å²) in [6.07, 6.45) is 2.79. The minimum Gasteiger partial charge on any atom is -0.506 e. The average molecular weight is 270 g/mol. The minimum absolute atomic E-state index is 0.0333. The van der Waals surface area contributed by atoms with Gasteiger partial charge in [0.25, 0.3) is 5.91 Å². The lowest BCUT2D eigenvalue weighted by molar-refractivity contribution is 0.0867. The molecule has 0 aromatic heterocycles. The Morgan fingerprint density at radius 1 is 1.28 bits per heavy atom. The standard InChI is InChI=1S/C13H16ClNO3/c14-11-7-8(1-6-12(11)17)13(18)15-9-2-4-10(16)5-3-9/h1,6-7,9-10,16-17H,2-5H2,(H,15,18). The zero-order valence-corrected chi connectivity index (χ0v) is 10.7. The lowest BCUT2D eigenvalue weighted by Gasteiger charge is -2.26. The number of hydrogen-bond acceptors (Lipinski definition) is 3. The van der Waals surface area contributed by atoms with Gasteiger partial charge in [0.1, 0.15) is 5.75 Å². The molecule has 1 aliphatic rings. The first-order chi connectivity index (χ1) is 8.56. The number of carbonyl (C=O) groups excluding carboxylic acids is 1. The number of phenolic OH excluding ortho intramolecular Hbond substituents is 1. The summed E-state index contributed by atoms with van der Waals surface area (Å²) in [6.45, 7) is 0. The highest BCUT2D eigenvalue weighted by atomic mass is 35.5. The van der Waals surface area contributed by atoms with Crippen molar-refractivity contribution in [3.8, 4) is 5.75 Å². The van der Waals surface area contributed by atoms with Crippen LogP contribution in [0.5, 0.6) is 5.75 Å². The first-order valence-electron chi connectivity index (χ1n) is 6.03. The van der Waals surface area contributed by atoms with Gasteiger partial charge >= 0.3 is 0 Å². The maximum Gasteiger partial charge on any atom is 0.251 e. The van der Waals surface area contributed by atoms with E-state index in [1.165, 1.54) is 18.2 Å². The van der Waals surface area contributed by atoms with Crippen LogP contribution in [-0.4, -0.2) is 28.3 Å². The van der Waals surface area contributed by atoms with Crippen molar-refractivity contribution in [1.29, 1.82) is 0 Å². The molecule has 3 N–H and O–H groups in total. The molecule has 0 aliphatic heterocycles. The van der Waals surface area contributed by atoms with Crippen LogP contribution >= 0.6 is 11.6 Å². The van der Waals surface area contributed by atoms with Crippen LogP contribution in [0.3, 0.4) is 0 Å². The van der Waals surface area contributed by atoms with Gasteiger partial charge in [-0.15, -0.1) is 0 Å². The van der Waals surface area contributed by atoms with E-state index < -0.39 is 0 Å². The van der Waals surface area contributed by atoms with Crippen LogP contribution in [0.15, 0.2) is 18.2 Å². The van der Waals surface area contributed by atoms with Crippen LogP contribution in [0.2, 0.25) is 5.02 Å². The summed E-state index contributed by atoms with van der Waals surface area (Å²) < 4.78 is 0. The first kappa shape index (κ1) is 13.2. The maximum atomic E-state index is 11.9. The molecule has 1 aromatic carbocycles. The van der Waals surface area contributed by atoms with Crippen molar-refractivity contribution < 1.29 is 15.0 Å². The highest BCUT2D eigenvalue weighted by Crippen LogP contribution is 2.24. The van der Waals surface area contributed by atoms with E-state index in [0.29, 0.717) is 5.56 Å². The van der Waals surface area contributed by atoms with Crippen LogP contribution < -0.4 is 5.32 Å². The molecule has 2 rings (SSSR count). The molecule has 0 spiro atoms. The number of benzene rings is 1. The van der Waals surface area contributed by atoms with E-state index in [1.807, 2.05) is 0 Å². The second-order valence-electron chi connectivity index (χ2n) is 4.65. The van der Waals surface area contributed by atoms with Crippen molar-refractivity contribution in [2.45, 2.75) is 37.8 Å². The van der Waals surface area contributed by atoms with Crippen molar-refractivity contribution >= 4 is 17.5 Å². The molecule has 1 aliphatic carbocycles. The third kappa shape index (κ3) is 3.15. The minimum atomic E-state index is -0.235. The third-order valence-corrected chi connectivity index (χ3v) is 3.54. The van der Waals surface area contributed by atoms with Gasteiger partial charge in [0.05, 0.1) is 11.1 Å². The van der Waals surface area contributed by atoms with Gasteiger partial charge in [0, 0.05) is 11.6 Å². The van der Waals surface area contributed by atoms with Crippen molar-refractivity contribution in [3.63, 3.8) is 0 Å². The number of aliphatic hydroxyl groups excluding tert-OH is 1. The quantitative estimate of drug-likeness (QED) is 0.770. The molecule has 1 fully saturated rings. The zero-order chi connectivity index (χ0) is 13.1. The Bertz CT molecular complexity index is 442. The Kier molecular flexibility index (Phi) is 4.09.